The van der Waals surface area contributed by atoms with Gasteiger partial charge in [-0.1, -0.05) is 23.7 Å². The van der Waals surface area contributed by atoms with Crippen molar-refractivity contribution in [3.63, 3.8) is 0 Å². The van der Waals surface area contributed by atoms with Crippen LogP contribution in [0.25, 0.3) is 0 Å². The molecule has 0 spiro atoms. The summed E-state index contributed by atoms with van der Waals surface area (Å²) in [7, 11) is 0. The van der Waals surface area contributed by atoms with Gasteiger partial charge in [0.15, 0.2) is 0 Å². The summed E-state index contributed by atoms with van der Waals surface area (Å²) in [4.78, 5) is 16.3. The molecule has 21 heavy (non-hydrogen) atoms. The fourth-order valence-corrected chi connectivity index (χ4v) is 2.84. The van der Waals surface area contributed by atoms with Gasteiger partial charge in [-0.3, -0.25) is 4.79 Å². The highest BCUT2D eigenvalue weighted by molar-refractivity contribution is 6.30. The van der Waals surface area contributed by atoms with Crippen molar-refractivity contribution >= 4 is 17.5 Å². The highest BCUT2D eigenvalue weighted by Gasteiger charge is 2.24. The standard InChI is InChI=1S/C16H18ClN3O/c17-14-3-1-12(2-4-14)5-7-19-16(21)13-6-8-20-11-18-10-15(20)9-13/h1-4,10-11,13H,5-9H2,(H,19,21). The lowest BCUT2D eigenvalue weighted by atomic mass is 9.95. The second-order valence-electron chi connectivity index (χ2n) is 5.44. The zero-order chi connectivity index (χ0) is 14.7. The maximum Gasteiger partial charge on any atom is 0.223 e. The number of carbonyl (C=O) groups is 1. The molecule has 1 amide bonds. The Kier molecular flexibility index (Phi) is 4.25. The van der Waals surface area contributed by atoms with Gasteiger partial charge in [0.2, 0.25) is 5.91 Å². The zero-order valence-electron chi connectivity index (χ0n) is 11.8. The predicted molar refractivity (Wildman–Crippen MR) is 82.2 cm³/mol. The molecule has 1 aliphatic heterocycles. The van der Waals surface area contributed by atoms with E-state index in [9.17, 15) is 4.79 Å². The average Bonchev–Trinajstić information content (AvgIpc) is 2.96. The van der Waals surface area contributed by atoms with E-state index in [1.807, 2.05) is 36.8 Å². The number of halogens is 1. The monoisotopic (exact) mass is 303 g/mol. The molecule has 2 heterocycles. The van der Waals surface area contributed by atoms with Crippen molar-refractivity contribution in [2.24, 2.45) is 5.92 Å². The molecule has 0 saturated carbocycles. The quantitative estimate of drug-likeness (QED) is 0.943. The van der Waals surface area contributed by atoms with Crippen molar-refractivity contribution < 1.29 is 4.79 Å². The Morgan fingerprint density at radius 1 is 1.38 bits per heavy atom. The van der Waals surface area contributed by atoms with Gasteiger partial charge in [-0.2, -0.15) is 0 Å². The van der Waals surface area contributed by atoms with Crippen molar-refractivity contribution in [1.82, 2.24) is 14.9 Å². The number of imidazole rings is 1. The van der Waals surface area contributed by atoms with Gasteiger partial charge >= 0.3 is 0 Å². The largest absolute Gasteiger partial charge is 0.356 e. The summed E-state index contributed by atoms with van der Waals surface area (Å²) in [5.74, 6) is 0.218. The van der Waals surface area contributed by atoms with Gasteiger partial charge in [-0.25, -0.2) is 4.98 Å². The molecule has 2 aromatic rings. The van der Waals surface area contributed by atoms with Gasteiger partial charge in [0, 0.05) is 42.3 Å². The van der Waals surface area contributed by atoms with Gasteiger partial charge in [0.05, 0.1) is 6.33 Å². The summed E-state index contributed by atoms with van der Waals surface area (Å²) < 4.78 is 2.12. The molecular weight excluding hydrogens is 286 g/mol. The van der Waals surface area contributed by atoms with Crippen LogP contribution in [-0.2, 0) is 24.2 Å². The SMILES string of the molecule is O=C(NCCc1ccc(Cl)cc1)C1CCn2cncc2C1. The Morgan fingerprint density at radius 2 is 2.19 bits per heavy atom. The van der Waals surface area contributed by atoms with Gasteiger partial charge < -0.3 is 9.88 Å². The van der Waals surface area contributed by atoms with Gasteiger partial charge in [0.1, 0.15) is 0 Å². The van der Waals surface area contributed by atoms with Gasteiger partial charge in [-0.05, 0) is 30.5 Å². The highest BCUT2D eigenvalue weighted by atomic mass is 35.5. The molecule has 1 N–H and O–H groups in total. The average molecular weight is 304 g/mol. The molecule has 5 heteroatoms. The zero-order valence-corrected chi connectivity index (χ0v) is 12.5. The van der Waals surface area contributed by atoms with Crippen LogP contribution in [0.15, 0.2) is 36.8 Å². The lowest BCUT2D eigenvalue weighted by molar-refractivity contribution is -0.125. The number of aromatic nitrogens is 2. The molecule has 0 aliphatic carbocycles. The van der Waals surface area contributed by atoms with E-state index < -0.39 is 0 Å². The molecule has 4 nitrogen and oxygen atoms in total. The summed E-state index contributed by atoms with van der Waals surface area (Å²) in [6.45, 7) is 1.54. The number of carbonyl (C=O) groups excluding carboxylic acids is 1. The molecule has 0 saturated heterocycles. The van der Waals surface area contributed by atoms with Crippen molar-refractivity contribution in [1.29, 1.82) is 0 Å². The molecule has 0 radical (unpaired) electrons. The van der Waals surface area contributed by atoms with Gasteiger partial charge in [-0.15, -0.1) is 0 Å². The fraction of sp³-hybridized carbons (Fsp3) is 0.375. The van der Waals surface area contributed by atoms with E-state index in [2.05, 4.69) is 14.9 Å². The Balaban J connectivity index is 1.48. The molecule has 1 unspecified atom stereocenters. The minimum Gasteiger partial charge on any atom is -0.356 e. The molecule has 1 aliphatic rings. The summed E-state index contributed by atoms with van der Waals surface area (Å²) in [6.07, 6.45) is 6.19. The van der Waals surface area contributed by atoms with Gasteiger partial charge in [0.25, 0.3) is 0 Å². The van der Waals surface area contributed by atoms with Crippen LogP contribution in [0.4, 0.5) is 0 Å². The number of fused-ring (bicyclic) bond motifs is 1. The molecule has 1 aromatic carbocycles. The normalized spacial score (nSPS) is 17.3. The highest BCUT2D eigenvalue weighted by Crippen LogP contribution is 2.19. The third kappa shape index (κ3) is 3.45. The maximum atomic E-state index is 12.2. The number of hydrogen-bond donors (Lipinski definition) is 1. The van der Waals surface area contributed by atoms with E-state index in [4.69, 9.17) is 11.6 Å². The number of rotatable bonds is 4. The minimum absolute atomic E-state index is 0.0689. The van der Waals surface area contributed by atoms with E-state index in [1.54, 1.807) is 0 Å². The molecule has 110 valence electrons. The first-order valence-corrected chi connectivity index (χ1v) is 7.61. The third-order valence-corrected chi connectivity index (χ3v) is 4.22. The van der Waals surface area contributed by atoms with E-state index in [-0.39, 0.29) is 11.8 Å². The molecule has 3 rings (SSSR count). The summed E-state index contributed by atoms with van der Waals surface area (Å²) in [5.41, 5.74) is 2.33. The number of nitrogens with one attached hydrogen (secondary N) is 1. The minimum atomic E-state index is 0.0689. The topological polar surface area (TPSA) is 46.9 Å². The second kappa shape index (κ2) is 6.31. The Labute approximate surface area is 129 Å². The Bertz CT molecular complexity index is 621. The first kappa shape index (κ1) is 14.1. The van der Waals surface area contributed by atoms with Crippen LogP contribution in [0.1, 0.15) is 17.7 Å². The van der Waals surface area contributed by atoms with E-state index in [0.717, 1.165) is 36.5 Å². The van der Waals surface area contributed by atoms with E-state index in [0.29, 0.717) is 6.54 Å². The predicted octanol–water partition coefficient (Wildman–Crippen LogP) is 2.46. The van der Waals surface area contributed by atoms with Crippen LogP contribution in [0, 0.1) is 5.92 Å². The number of aryl methyl sites for hydroxylation is 1. The first-order valence-electron chi connectivity index (χ1n) is 7.23. The van der Waals surface area contributed by atoms with Crippen LogP contribution >= 0.6 is 11.6 Å². The van der Waals surface area contributed by atoms with E-state index in [1.165, 1.54) is 5.56 Å². The Hall–Kier alpha value is -1.81. The number of amides is 1. The molecule has 1 atom stereocenters. The first-order chi connectivity index (χ1) is 10.2. The van der Waals surface area contributed by atoms with Crippen LogP contribution in [0.3, 0.4) is 0 Å². The summed E-state index contributed by atoms with van der Waals surface area (Å²) in [5, 5.41) is 3.77. The fourth-order valence-electron chi connectivity index (χ4n) is 2.72. The Morgan fingerprint density at radius 3 is 3.00 bits per heavy atom. The van der Waals surface area contributed by atoms with Crippen molar-refractivity contribution in [2.75, 3.05) is 6.54 Å². The van der Waals surface area contributed by atoms with Crippen LogP contribution in [0.2, 0.25) is 5.02 Å². The maximum absolute atomic E-state index is 12.2. The van der Waals surface area contributed by atoms with Crippen LogP contribution in [-0.4, -0.2) is 22.0 Å². The van der Waals surface area contributed by atoms with E-state index >= 15 is 0 Å². The molecule has 0 fully saturated rings. The van der Waals surface area contributed by atoms with Crippen LogP contribution < -0.4 is 5.32 Å². The smallest absolute Gasteiger partial charge is 0.223 e. The molecule has 1 aromatic heterocycles. The molecular formula is C16H18ClN3O. The second-order valence-corrected chi connectivity index (χ2v) is 5.87. The van der Waals surface area contributed by atoms with Crippen molar-refractivity contribution in [3.05, 3.63) is 53.1 Å². The molecule has 0 bridgehead atoms. The number of nitrogens with zero attached hydrogens (tertiary/aromatic N) is 2. The van der Waals surface area contributed by atoms with Crippen molar-refractivity contribution in [3.8, 4) is 0 Å². The lowest BCUT2D eigenvalue weighted by Gasteiger charge is -2.22. The third-order valence-electron chi connectivity index (χ3n) is 3.97. The number of hydrogen-bond acceptors (Lipinski definition) is 2. The number of benzene rings is 1. The van der Waals surface area contributed by atoms with Crippen molar-refractivity contribution in [2.45, 2.75) is 25.8 Å². The van der Waals surface area contributed by atoms with Crippen LogP contribution in [0.5, 0.6) is 0 Å². The lowest BCUT2D eigenvalue weighted by Crippen LogP contribution is -2.36. The summed E-state index contributed by atoms with van der Waals surface area (Å²) >= 11 is 5.85. The summed E-state index contributed by atoms with van der Waals surface area (Å²) in [6, 6.07) is 7.74.